The SMILES string of the molecule is CCN(CC)CCN(C(=O)CCc1ccccc1)c1nc2ccc(Cl)cc2s1. The summed E-state index contributed by atoms with van der Waals surface area (Å²) in [5.41, 5.74) is 2.06. The fourth-order valence-electron chi connectivity index (χ4n) is 3.14. The van der Waals surface area contributed by atoms with Crippen molar-refractivity contribution in [1.82, 2.24) is 9.88 Å². The van der Waals surface area contributed by atoms with Crippen LogP contribution in [0.1, 0.15) is 25.8 Å². The van der Waals surface area contributed by atoms with Crippen molar-refractivity contribution in [1.29, 1.82) is 0 Å². The zero-order valence-electron chi connectivity index (χ0n) is 16.4. The first kappa shape index (κ1) is 20.8. The standard InChI is InChI=1S/C22H26ClN3OS/c1-3-25(4-2)14-15-26(21(27)13-10-17-8-6-5-7-9-17)22-24-19-12-11-18(23)16-20(19)28-22/h5-9,11-12,16H,3-4,10,13-15H2,1-2H3. The van der Waals surface area contributed by atoms with Crippen LogP contribution in [0.25, 0.3) is 10.2 Å². The largest absolute Gasteiger partial charge is 0.302 e. The highest BCUT2D eigenvalue weighted by atomic mass is 35.5. The Bertz CT molecular complexity index is 909. The fourth-order valence-corrected chi connectivity index (χ4v) is 4.43. The van der Waals surface area contributed by atoms with Crippen LogP contribution in [0.2, 0.25) is 5.02 Å². The van der Waals surface area contributed by atoms with Crippen LogP contribution in [0.5, 0.6) is 0 Å². The number of carbonyl (C=O) groups is 1. The Balaban J connectivity index is 1.79. The molecule has 0 N–H and O–H groups in total. The Morgan fingerprint density at radius 3 is 2.54 bits per heavy atom. The maximum absolute atomic E-state index is 13.1. The van der Waals surface area contributed by atoms with Gasteiger partial charge in [-0.15, -0.1) is 0 Å². The molecule has 0 aliphatic heterocycles. The summed E-state index contributed by atoms with van der Waals surface area (Å²) in [5, 5.41) is 1.44. The molecule has 2 aromatic carbocycles. The summed E-state index contributed by atoms with van der Waals surface area (Å²) in [5.74, 6) is 0.112. The van der Waals surface area contributed by atoms with Crippen molar-refractivity contribution < 1.29 is 4.79 Å². The molecule has 0 atom stereocenters. The van der Waals surface area contributed by atoms with Crippen LogP contribution in [-0.2, 0) is 11.2 Å². The number of nitrogens with zero attached hydrogens (tertiary/aromatic N) is 3. The Kier molecular flexibility index (Phi) is 7.43. The minimum Gasteiger partial charge on any atom is -0.302 e. The number of likely N-dealkylation sites (N-methyl/N-ethyl adjacent to an activating group) is 1. The lowest BCUT2D eigenvalue weighted by Gasteiger charge is -2.24. The lowest BCUT2D eigenvalue weighted by atomic mass is 10.1. The van der Waals surface area contributed by atoms with Gasteiger partial charge in [-0.25, -0.2) is 4.98 Å². The number of amides is 1. The Labute approximate surface area is 175 Å². The van der Waals surface area contributed by atoms with E-state index in [-0.39, 0.29) is 5.91 Å². The van der Waals surface area contributed by atoms with Crippen LogP contribution in [-0.4, -0.2) is 42.0 Å². The average Bonchev–Trinajstić information content (AvgIpc) is 3.13. The average molecular weight is 416 g/mol. The van der Waals surface area contributed by atoms with Gasteiger partial charge in [0.25, 0.3) is 0 Å². The van der Waals surface area contributed by atoms with Crippen molar-refractivity contribution in [3.05, 3.63) is 59.1 Å². The lowest BCUT2D eigenvalue weighted by molar-refractivity contribution is -0.118. The number of anilines is 1. The molecule has 0 aliphatic carbocycles. The molecule has 3 aromatic rings. The maximum Gasteiger partial charge on any atom is 0.229 e. The first-order chi connectivity index (χ1) is 13.6. The number of carbonyl (C=O) groups excluding carboxylic acids is 1. The number of rotatable bonds is 9. The number of aromatic nitrogens is 1. The molecule has 0 saturated heterocycles. The van der Waals surface area contributed by atoms with E-state index < -0.39 is 0 Å². The Morgan fingerprint density at radius 1 is 1.07 bits per heavy atom. The summed E-state index contributed by atoms with van der Waals surface area (Å²) in [6.45, 7) is 7.70. The van der Waals surface area contributed by atoms with Gasteiger partial charge < -0.3 is 4.90 Å². The first-order valence-electron chi connectivity index (χ1n) is 9.73. The van der Waals surface area contributed by atoms with Gasteiger partial charge in [-0.2, -0.15) is 0 Å². The molecule has 6 heteroatoms. The molecule has 0 aliphatic rings. The fraction of sp³-hybridized carbons (Fsp3) is 0.364. The maximum atomic E-state index is 13.1. The lowest BCUT2D eigenvalue weighted by Crippen LogP contribution is -2.39. The molecule has 28 heavy (non-hydrogen) atoms. The molecular formula is C22H26ClN3OS. The highest BCUT2D eigenvalue weighted by Crippen LogP contribution is 2.31. The summed E-state index contributed by atoms with van der Waals surface area (Å²) in [7, 11) is 0. The second-order valence-corrected chi connectivity index (χ2v) is 8.11. The van der Waals surface area contributed by atoms with E-state index in [1.54, 1.807) is 0 Å². The highest BCUT2D eigenvalue weighted by Gasteiger charge is 2.20. The van der Waals surface area contributed by atoms with Crippen LogP contribution < -0.4 is 4.90 Å². The topological polar surface area (TPSA) is 36.4 Å². The van der Waals surface area contributed by atoms with E-state index in [1.807, 2.05) is 41.3 Å². The van der Waals surface area contributed by atoms with Gasteiger partial charge in [0.05, 0.1) is 10.2 Å². The third kappa shape index (κ3) is 5.31. The number of hydrogen-bond donors (Lipinski definition) is 0. The quantitative estimate of drug-likeness (QED) is 0.478. The molecule has 0 fully saturated rings. The predicted octanol–water partition coefficient (Wildman–Crippen LogP) is 5.26. The van der Waals surface area contributed by atoms with E-state index in [1.165, 1.54) is 16.9 Å². The van der Waals surface area contributed by atoms with Gasteiger partial charge in [0, 0.05) is 24.5 Å². The van der Waals surface area contributed by atoms with Crippen LogP contribution in [0.4, 0.5) is 5.13 Å². The monoisotopic (exact) mass is 415 g/mol. The van der Waals surface area contributed by atoms with Gasteiger partial charge in [-0.05, 0) is 43.3 Å². The molecule has 0 spiro atoms. The van der Waals surface area contributed by atoms with Crippen molar-refractivity contribution in [3.63, 3.8) is 0 Å². The van der Waals surface area contributed by atoms with Crippen LogP contribution in [0, 0.1) is 0 Å². The Hall–Kier alpha value is -1.95. The van der Waals surface area contributed by atoms with E-state index in [0.717, 1.165) is 41.4 Å². The summed E-state index contributed by atoms with van der Waals surface area (Å²) in [6, 6.07) is 15.8. The smallest absolute Gasteiger partial charge is 0.229 e. The second kappa shape index (κ2) is 10.0. The molecule has 3 rings (SSSR count). The highest BCUT2D eigenvalue weighted by molar-refractivity contribution is 7.22. The van der Waals surface area contributed by atoms with Gasteiger partial charge in [0.15, 0.2) is 5.13 Å². The second-order valence-electron chi connectivity index (χ2n) is 6.67. The molecule has 1 heterocycles. The molecule has 1 amide bonds. The normalized spacial score (nSPS) is 11.3. The van der Waals surface area contributed by atoms with Crippen molar-refractivity contribution in [3.8, 4) is 0 Å². The Morgan fingerprint density at radius 2 is 1.82 bits per heavy atom. The van der Waals surface area contributed by atoms with Gasteiger partial charge in [0.1, 0.15) is 0 Å². The summed E-state index contributed by atoms with van der Waals surface area (Å²) < 4.78 is 1.01. The van der Waals surface area contributed by atoms with Gasteiger partial charge in [-0.3, -0.25) is 9.69 Å². The van der Waals surface area contributed by atoms with Crippen LogP contribution >= 0.6 is 22.9 Å². The van der Waals surface area contributed by atoms with Crippen molar-refractivity contribution >= 4 is 44.2 Å². The van der Waals surface area contributed by atoms with Crippen molar-refractivity contribution in [2.45, 2.75) is 26.7 Å². The van der Waals surface area contributed by atoms with Crippen molar-refractivity contribution in [2.75, 3.05) is 31.1 Å². The van der Waals surface area contributed by atoms with Crippen molar-refractivity contribution in [2.24, 2.45) is 0 Å². The van der Waals surface area contributed by atoms with E-state index in [4.69, 9.17) is 16.6 Å². The molecular weight excluding hydrogens is 390 g/mol. The van der Waals surface area contributed by atoms with E-state index >= 15 is 0 Å². The number of hydrogen-bond acceptors (Lipinski definition) is 4. The number of fused-ring (bicyclic) bond motifs is 1. The molecule has 0 unspecified atom stereocenters. The van der Waals surface area contributed by atoms with E-state index in [0.29, 0.717) is 18.0 Å². The number of thiazole rings is 1. The summed E-state index contributed by atoms with van der Waals surface area (Å²) >= 11 is 7.65. The summed E-state index contributed by atoms with van der Waals surface area (Å²) in [6.07, 6.45) is 1.21. The molecule has 0 saturated carbocycles. The minimum atomic E-state index is 0.112. The third-order valence-electron chi connectivity index (χ3n) is 4.88. The molecule has 1 aromatic heterocycles. The summed E-state index contributed by atoms with van der Waals surface area (Å²) in [4.78, 5) is 22.0. The zero-order chi connectivity index (χ0) is 19.9. The number of halogens is 1. The molecule has 148 valence electrons. The zero-order valence-corrected chi connectivity index (χ0v) is 18.0. The molecule has 0 radical (unpaired) electrons. The minimum absolute atomic E-state index is 0.112. The van der Waals surface area contributed by atoms with E-state index in [2.05, 4.69) is 30.9 Å². The predicted molar refractivity (Wildman–Crippen MR) is 120 cm³/mol. The molecule has 0 bridgehead atoms. The van der Waals surface area contributed by atoms with Crippen LogP contribution in [0.15, 0.2) is 48.5 Å². The van der Waals surface area contributed by atoms with Gasteiger partial charge in [0.2, 0.25) is 5.91 Å². The number of benzene rings is 2. The number of aryl methyl sites for hydroxylation is 1. The van der Waals surface area contributed by atoms with Gasteiger partial charge in [-0.1, -0.05) is 67.1 Å². The third-order valence-corrected chi connectivity index (χ3v) is 6.15. The first-order valence-corrected chi connectivity index (χ1v) is 10.9. The van der Waals surface area contributed by atoms with Gasteiger partial charge >= 0.3 is 0 Å². The van der Waals surface area contributed by atoms with E-state index in [9.17, 15) is 4.79 Å². The van der Waals surface area contributed by atoms with Crippen LogP contribution in [0.3, 0.4) is 0 Å². The molecule has 4 nitrogen and oxygen atoms in total.